The predicted molar refractivity (Wildman–Crippen MR) is 73.1 cm³/mol. The van der Waals surface area contributed by atoms with Gasteiger partial charge in [0.2, 0.25) is 0 Å². The summed E-state index contributed by atoms with van der Waals surface area (Å²) >= 11 is 3.48. The van der Waals surface area contributed by atoms with Gasteiger partial charge in [0.25, 0.3) is 0 Å². The highest BCUT2D eigenvalue weighted by atomic mass is 79.9. The SMILES string of the molecule is COc1cc2nn(C3CNC3)cc2cc1Br.Cl. The van der Waals surface area contributed by atoms with Crippen LogP contribution in [-0.2, 0) is 0 Å². The molecule has 0 unspecified atom stereocenters. The molecule has 3 rings (SSSR count). The van der Waals surface area contributed by atoms with Gasteiger partial charge in [-0.3, -0.25) is 4.68 Å². The molecule has 1 aliphatic rings. The highest BCUT2D eigenvalue weighted by Gasteiger charge is 2.20. The van der Waals surface area contributed by atoms with E-state index in [0.29, 0.717) is 6.04 Å². The van der Waals surface area contributed by atoms with E-state index in [-0.39, 0.29) is 12.4 Å². The first-order chi connectivity index (χ1) is 7.78. The topological polar surface area (TPSA) is 39.1 Å². The van der Waals surface area contributed by atoms with Crippen LogP contribution in [0.25, 0.3) is 10.9 Å². The summed E-state index contributed by atoms with van der Waals surface area (Å²) in [7, 11) is 1.67. The first kappa shape index (κ1) is 12.7. The third-order valence-electron chi connectivity index (χ3n) is 2.93. The number of nitrogens with zero attached hydrogens (tertiary/aromatic N) is 2. The number of aromatic nitrogens is 2. The van der Waals surface area contributed by atoms with E-state index in [4.69, 9.17) is 4.74 Å². The Morgan fingerprint density at radius 3 is 2.82 bits per heavy atom. The van der Waals surface area contributed by atoms with E-state index in [1.807, 2.05) is 16.8 Å². The Morgan fingerprint density at radius 2 is 2.24 bits per heavy atom. The molecule has 17 heavy (non-hydrogen) atoms. The smallest absolute Gasteiger partial charge is 0.135 e. The van der Waals surface area contributed by atoms with Crippen molar-refractivity contribution in [1.29, 1.82) is 0 Å². The first-order valence-corrected chi connectivity index (χ1v) is 6.00. The number of hydrogen-bond donors (Lipinski definition) is 1. The van der Waals surface area contributed by atoms with E-state index in [9.17, 15) is 0 Å². The molecule has 1 aromatic carbocycles. The Kier molecular flexibility index (Phi) is 3.61. The van der Waals surface area contributed by atoms with Gasteiger partial charge in [0, 0.05) is 30.7 Å². The molecule has 0 spiro atoms. The first-order valence-electron chi connectivity index (χ1n) is 5.21. The minimum Gasteiger partial charge on any atom is -0.495 e. The van der Waals surface area contributed by atoms with Crippen LogP contribution in [0, 0.1) is 0 Å². The molecule has 92 valence electrons. The van der Waals surface area contributed by atoms with E-state index in [1.165, 1.54) is 0 Å². The van der Waals surface area contributed by atoms with Crippen molar-refractivity contribution in [2.75, 3.05) is 20.2 Å². The lowest BCUT2D eigenvalue weighted by atomic mass is 10.2. The molecule has 1 aliphatic heterocycles. The highest BCUT2D eigenvalue weighted by molar-refractivity contribution is 9.10. The fourth-order valence-electron chi connectivity index (χ4n) is 1.85. The van der Waals surface area contributed by atoms with E-state index in [0.717, 1.165) is 34.2 Å². The van der Waals surface area contributed by atoms with Crippen molar-refractivity contribution in [3.8, 4) is 5.75 Å². The van der Waals surface area contributed by atoms with Crippen molar-refractivity contribution in [2.45, 2.75) is 6.04 Å². The number of methoxy groups -OCH3 is 1. The second-order valence-electron chi connectivity index (χ2n) is 3.97. The van der Waals surface area contributed by atoms with Gasteiger partial charge < -0.3 is 10.1 Å². The quantitative estimate of drug-likeness (QED) is 0.924. The summed E-state index contributed by atoms with van der Waals surface area (Å²) in [6, 6.07) is 4.50. The average molecular weight is 319 g/mol. The number of hydrogen-bond acceptors (Lipinski definition) is 3. The predicted octanol–water partition coefficient (Wildman–Crippen LogP) is 2.37. The monoisotopic (exact) mass is 317 g/mol. The number of nitrogens with one attached hydrogen (secondary N) is 1. The molecule has 0 radical (unpaired) electrons. The number of rotatable bonds is 2. The molecule has 0 saturated carbocycles. The van der Waals surface area contributed by atoms with Gasteiger partial charge in [0.1, 0.15) is 5.75 Å². The normalized spacial score (nSPS) is 15.4. The third kappa shape index (κ3) is 2.14. The number of fused-ring (bicyclic) bond motifs is 1. The van der Waals surface area contributed by atoms with Gasteiger partial charge >= 0.3 is 0 Å². The van der Waals surface area contributed by atoms with Crippen LogP contribution in [0.3, 0.4) is 0 Å². The zero-order chi connectivity index (χ0) is 11.1. The largest absolute Gasteiger partial charge is 0.495 e. The van der Waals surface area contributed by atoms with Crippen LogP contribution in [0.4, 0.5) is 0 Å². The molecule has 2 aromatic rings. The summed E-state index contributed by atoms with van der Waals surface area (Å²) in [5.74, 6) is 0.824. The summed E-state index contributed by atoms with van der Waals surface area (Å²) in [4.78, 5) is 0. The molecule has 4 nitrogen and oxygen atoms in total. The zero-order valence-corrected chi connectivity index (χ0v) is 11.7. The van der Waals surface area contributed by atoms with E-state index < -0.39 is 0 Å². The molecule has 1 fully saturated rings. The zero-order valence-electron chi connectivity index (χ0n) is 9.31. The molecular formula is C11H13BrClN3O. The number of benzene rings is 1. The lowest BCUT2D eigenvalue weighted by molar-refractivity contribution is 0.320. The van der Waals surface area contributed by atoms with Gasteiger partial charge in [-0.1, -0.05) is 0 Å². The van der Waals surface area contributed by atoms with Crippen molar-refractivity contribution >= 4 is 39.2 Å². The maximum absolute atomic E-state index is 5.25. The van der Waals surface area contributed by atoms with Gasteiger partial charge in [-0.25, -0.2) is 0 Å². The van der Waals surface area contributed by atoms with Crippen LogP contribution in [0.1, 0.15) is 6.04 Å². The minimum atomic E-state index is 0. The third-order valence-corrected chi connectivity index (χ3v) is 3.55. The summed E-state index contributed by atoms with van der Waals surface area (Å²) < 4.78 is 8.26. The second kappa shape index (κ2) is 4.84. The van der Waals surface area contributed by atoms with Crippen LogP contribution in [0.15, 0.2) is 22.8 Å². The fraction of sp³-hybridized carbons (Fsp3) is 0.364. The molecule has 0 amide bonds. The maximum Gasteiger partial charge on any atom is 0.135 e. The standard InChI is InChI=1S/C11H12BrN3O.ClH/c1-16-11-3-10-7(2-9(11)12)6-15(14-10)8-4-13-5-8;/h2-3,6,8,13H,4-5H2,1H3;1H. The minimum absolute atomic E-state index is 0. The van der Waals surface area contributed by atoms with Crippen LogP contribution in [0.5, 0.6) is 5.75 Å². The number of ether oxygens (including phenoxy) is 1. The van der Waals surface area contributed by atoms with Crippen LogP contribution in [0.2, 0.25) is 0 Å². The van der Waals surface area contributed by atoms with Gasteiger partial charge in [-0.2, -0.15) is 5.10 Å². The van der Waals surface area contributed by atoms with Crippen molar-refractivity contribution in [1.82, 2.24) is 15.1 Å². The molecular weight excluding hydrogens is 305 g/mol. The Balaban J connectivity index is 0.00000108. The molecule has 2 heterocycles. The average Bonchev–Trinajstić information content (AvgIpc) is 2.55. The molecule has 1 saturated heterocycles. The Bertz CT molecular complexity index is 539. The lowest BCUT2D eigenvalue weighted by Crippen LogP contribution is -2.43. The Labute approximate surface area is 114 Å². The van der Waals surface area contributed by atoms with Gasteiger partial charge in [-0.05, 0) is 22.0 Å². The molecule has 1 N–H and O–H groups in total. The van der Waals surface area contributed by atoms with Gasteiger partial charge in [-0.15, -0.1) is 12.4 Å². The van der Waals surface area contributed by atoms with Crippen LogP contribution >= 0.6 is 28.3 Å². The van der Waals surface area contributed by atoms with Crippen molar-refractivity contribution in [3.63, 3.8) is 0 Å². The Hall–Kier alpha value is -0.780. The summed E-state index contributed by atoms with van der Waals surface area (Å²) in [6.07, 6.45) is 2.09. The van der Waals surface area contributed by atoms with Gasteiger partial charge in [0.15, 0.2) is 0 Å². The molecule has 0 aliphatic carbocycles. The van der Waals surface area contributed by atoms with Gasteiger partial charge in [0.05, 0.1) is 23.1 Å². The van der Waals surface area contributed by atoms with E-state index in [1.54, 1.807) is 7.11 Å². The Morgan fingerprint density at radius 1 is 1.47 bits per heavy atom. The summed E-state index contributed by atoms with van der Waals surface area (Å²) in [5, 5.41) is 8.94. The molecule has 1 aromatic heterocycles. The van der Waals surface area contributed by atoms with Crippen LogP contribution in [-0.4, -0.2) is 30.0 Å². The molecule has 6 heteroatoms. The molecule has 0 atom stereocenters. The fourth-order valence-corrected chi connectivity index (χ4v) is 2.37. The second-order valence-corrected chi connectivity index (χ2v) is 4.82. The summed E-state index contributed by atoms with van der Waals surface area (Å²) in [5.41, 5.74) is 0.979. The van der Waals surface area contributed by atoms with E-state index in [2.05, 4.69) is 32.5 Å². The van der Waals surface area contributed by atoms with Crippen molar-refractivity contribution < 1.29 is 4.74 Å². The maximum atomic E-state index is 5.25. The summed E-state index contributed by atoms with van der Waals surface area (Å²) in [6.45, 7) is 2.01. The van der Waals surface area contributed by atoms with E-state index >= 15 is 0 Å². The van der Waals surface area contributed by atoms with Crippen molar-refractivity contribution in [3.05, 3.63) is 22.8 Å². The van der Waals surface area contributed by atoms with Crippen molar-refractivity contribution in [2.24, 2.45) is 0 Å². The highest BCUT2D eigenvalue weighted by Crippen LogP contribution is 2.30. The van der Waals surface area contributed by atoms with Crippen LogP contribution < -0.4 is 10.1 Å². The molecule has 0 bridgehead atoms. The number of halogens is 2. The lowest BCUT2D eigenvalue weighted by Gasteiger charge is -2.27.